The van der Waals surface area contributed by atoms with Gasteiger partial charge in [-0.05, 0) is 24.5 Å². The largest absolute Gasteiger partial charge is 0.476 e. The van der Waals surface area contributed by atoms with Crippen LogP contribution in [0, 0.1) is 0 Å². The summed E-state index contributed by atoms with van der Waals surface area (Å²) in [6, 6.07) is 4.02. The Morgan fingerprint density at radius 1 is 1.24 bits per heavy atom. The smallest absolute Gasteiger partial charge is 0.242 e. The van der Waals surface area contributed by atoms with Crippen LogP contribution in [0.15, 0.2) is 24.7 Å². The topological polar surface area (TPSA) is 86.0 Å². The van der Waals surface area contributed by atoms with Crippen molar-refractivity contribution in [1.82, 2.24) is 15.0 Å². The van der Waals surface area contributed by atoms with Gasteiger partial charge in [-0.2, -0.15) is 4.98 Å². The summed E-state index contributed by atoms with van der Waals surface area (Å²) in [5, 5.41) is 3.20. The first-order chi connectivity index (χ1) is 10.3. The van der Waals surface area contributed by atoms with Gasteiger partial charge < -0.3 is 15.8 Å². The normalized spacial score (nSPS) is 10.4. The maximum absolute atomic E-state index is 6.03. The summed E-state index contributed by atoms with van der Waals surface area (Å²) in [6.45, 7) is 5.29. The number of nitrogens with one attached hydrogen (secondary N) is 1. The number of nitrogens with two attached hydrogens (primary N) is 1. The molecule has 0 amide bonds. The Morgan fingerprint density at radius 2 is 2.10 bits per heavy atom. The van der Waals surface area contributed by atoms with E-state index in [9.17, 15) is 0 Å². The third-order valence-electron chi connectivity index (χ3n) is 3.08. The molecule has 0 aliphatic heterocycles. The Bertz CT molecular complexity index is 588. The number of nitrogens with zero attached hydrogens (tertiary/aromatic N) is 3. The summed E-state index contributed by atoms with van der Waals surface area (Å²) in [5.41, 5.74) is 8.66. The molecule has 0 aromatic carbocycles. The summed E-state index contributed by atoms with van der Waals surface area (Å²) in [5.74, 6) is 0.995. The van der Waals surface area contributed by atoms with Gasteiger partial charge in [0.2, 0.25) is 5.88 Å². The summed E-state index contributed by atoms with van der Waals surface area (Å²) in [7, 11) is 0. The molecule has 2 aromatic rings. The standard InChI is InChI=1S/C15H21N5O/c1-3-8-21-15-13(16)14(19-10-20-15)18-9-12-11(4-2)6-5-7-17-12/h5-7,10H,3-4,8-9,16H2,1-2H3,(H,18,19,20). The van der Waals surface area contributed by atoms with Crippen LogP contribution in [-0.4, -0.2) is 21.6 Å². The van der Waals surface area contributed by atoms with Gasteiger partial charge in [-0.1, -0.05) is 19.9 Å². The van der Waals surface area contributed by atoms with Gasteiger partial charge in [0, 0.05) is 6.20 Å². The molecule has 0 bridgehead atoms. The third-order valence-corrected chi connectivity index (χ3v) is 3.08. The second-order valence-electron chi connectivity index (χ2n) is 4.61. The minimum atomic E-state index is 0.422. The molecule has 2 aromatic heterocycles. The molecule has 2 rings (SSSR count). The average molecular weight is 287 g/mol. The van der Waals surface area contributed by atoms with Crippen LogP contribution in [0.4, 0.5) is 11.5 Å². The van der Waals surface area contributed by atoms with E-state index in [1.54, 1.807) is 6.20 Å². The zero-order valence-electron chi connectivity index (χ0n) is 12.5. The Kier molecular flexibility index (Phi) is 5.31. The molecule has 112 valence electrons. The molecule has 0 fully saturated rings. The lowest BCUT2D eigenvalue weighted by Gasteiger charge is -2.12. The van der Waals surface area contributed by atoms with Crippen LogP contribution in [-0.2, 0) is 13.0 Å². The van der Waals surface area contributed by atoms with E-state index in [4.69, 9.17) is 10.5 Å². The second kappa shape index (κ2) is 7.42. The Labute approximate surface area is 124 Å². The van der Waals surface area contributed by atoms with Gasteiger partial charge in [0.15, 0.2) is 5.82 Å². The number of anilines is 2. The fourth-order valence-corrected chi connectivity index (χ4v) is 1.95. The van der Waals surface area contributed by atoms with Crippen LogP contribution in [0.25, 0.3) is 0 Å². The van der Waals surface area contributed by atoms with Crippen molar-refractivity contribution in [3.05, 3.63) is 35.9 Å². The van der Waals surface area contributed by atoms with Crippen molar-refractivity contribution in [3.8, 4) is 5.88 Å². The van der Waals surface area contributed by atoms with E-state index in [-0.39, 0.29) is 0 Å². The van der Waals surface area contributed by atoms with E-state index in [2.05, 4.69) is 33.3 Å². The number of hydrogen-bond donors (Lipinski definition) is 2. The predicted octanol–water partition coefficient (Wildman–Crippen LogP) is 2.42. The van der Waals surface area contributed by atoms with Crippen LogP contribution in [0.3, 0.4) is 0 Å². The highest BCUT2D eigenvalue weighted by Crippen LogP contribution is 2.25. The van der Waals surface area contributed by atoms with Gasteiger partial charge >= 0.3 is 0 Å². The minimum absolute atomic E-state index is 0.422. The number of rotatable bonds is 7. The first-order valence-electron chi connectivity index (χ1n) is 7.16. The molecule has 0 radical (unpaired) electrons. The summed E-state index contributed by atoms with van der Waals surface area (Å²) >= 11 is 0. The van der Waals surface area contributed by atoms with E-state index in [0.29, 0.717) is 30.5 Å². The molecule has 0 saturated heterocycles. The lowest BCUT2D eigenvalue weighted by molar-refractivity contribution is 0.306. The van der Waals surface area contributed by atoms with E-state index in [1.807, 2.05) is 13.0 Å². The van der Waals surface area contributed by atoms with E-state index in [1.165, 1.54) is 11.9 Å². The molecular weight excluding hydrogens is 266 g/mol. The molecule has 21 heavy (non-hydrogen) atoms. The van der Waals surface area contributed by atoms with E-state index < -0.39 is 0 Å². The predicted molar refractivity (Wildman–Crippen MR) is 83.2 cm³/mol. The SMILES string of the molecule is CCCOc1ncnc(NCc2ncccc2CC)c1N. The minimum Gasteiger partial charge on any atom is -0.476 e. The van der Waals surface area contributed by atoms with Crippen molar-refractivity contribution >= 4 is 11.5 Å². The van der Waals surface area contributed by atoms with Crippen molar-refractivity contribution in [2.45, 2.75) is 33.2 Å². The maximum Gasteiger partial charge on any atom is 0.242 e. The highest BCUT2D eigenvalue weighted by Gasteiger charge is 2.10. The second-order valence-corrected chi connectivity index (χ2v) is 4.61. The summed E-state index contributed by atoms with van der Waals surface area (Å²) < 4.78 is 5.49. The molecule has 0 unspecified atom stereocenters. The van der Waals surface area contributed by atoms with Crippen molar-refractivity contribution in [3.63, 3.8) is 0 Å². The molecule has 0 saturated carbocycles. The van der Waals surface area contributed by atoms with Crippen LogP contribution in [0.1, 0.15) is 31.5 Å². The van der Waals surface area contributed by atoms with Crippen LogP contribution in [0.5, 0.6) is 5.88 Å². The zero-order chi connectivity index (χ0) is 15.1. The lowest BCUT2D eigenvalue weighted by atomic mass is 10.1. The quantitative estimate of drug-likeness (QED) is 0.813. The molecular formula is C15H21N5O. The molecule has 6 heteroatoms. The number of hydrogen-bond acceptors (Lipinski definition) is 6. The zero-order valence-corrected chi connectivity index (χ0v) is 12.5. The van der Waals surface area contributed by atoms with Gasteiger partial charge in [0.1, 0.15) is 12.0 Å². The first kappa shape index (κ1) is 15.0. The fourth-order valence-electron chi connectivity index (χ4n) is 1.95. The average Bonchev–Trinajstić information content (AvgIpc) is 2.53. The van der Waals surface area contributed by atoms with E-state index >= 15 is 0 Å². The molecule has 3 N–H and O–H groups in total. The van der Waals surface area contributed by atoms with Gasteiger partial charge in [0.05, 0.1) is 18.8 Å². The number of aromatic nitrogens is 3. The van der Waals surface area contributed by atoms with Crippen LogP contribution < -0.4 is 15.8 Å². The van der Waals surface area contributed by atoms with Gasteiger partial charge in [-0.25, -0.2) is 4.98 Å². The molecule has 0 spiro atoms. The number of pyridine rings is 1. The van der Waals surface area contributed by atoms with Crippen molar-refractivity contribution < 1.29 is 4.74 Å². The third kappa shape index (κ3) is 3.81. The highest BCUT2D eigenvalue weighted by atomic mass is 16.5. The maximum atomic E-state index is 6.03. The summed E-state index contributed by atoms with van der Waals surface area (Å²) in [4.78, 5) is 12.6. The first-order valence-corrected chi connectivity index (χ1v) is 7.16. The van der Waals surface area contributed by atoms with E-state index in [0.717, 1.165) is 18.5 Å². The molecule has 0 atom stereocenters. The molecule has 6 nitrogen and oxygen atoms in total. The monoisotopic (exact) mass is 287 g/mol. The number of aryl methyl sites for hydroxylation is 1. The fraction of sp³-hybridized carbons (Fsp3) is 0.400. The van der Waals surface area contributed by atoms with Crippen molar-refractivity contribution in [1.29, 1.82) is 0 Å². The summed E-state index contributed by atoms with van der Waals surface area (Å²) in [6.07, 6.45) is 5.08. The highest BCUT2D eigenvalue weighted by molar-refractivity contribution is 5.66. The Hall–Kier alpha value is -2.37. The Morgan fingerprint density at radius 3 is 2.86 bits per heavy atom. The molecule has 2 heterocycles. The van der Waals surface area contributed by atoms with Crippen LogP contribution >= 0.6 is 0 Å². The Balaban J connectivity index is 2.09. The van der Waals surface area contributed by atoms with Crippen molar-refractivity contribution in [2.24, 2.45) is 0 Å². The van der Waals surface area contributed by atoms with Gasteiger partial charge in [-0.15, -0.1) is 0 Å². The molecule has 0 aliphatic carbocycles. The number of ether oxygens (including phenoxy) is 1. The van der Waals surface area contributed by atoms with Crippen LogP contribution in [0.2, 0.25) is 0 Å². The van der Waals surface area contributed by atoms with Crippen molar-refractivity contribution in [2.75, 3.05) is 17.7 Å². The molecule has 0 aliphatic rings. The van der Waals surface area contributed by atoms with Gasteiger partial charge in [0.25, 0.3) is 0 Å². The number of nitrogen functional groups attached to an aromatic ring is 1. The van der Waals surface area contributed by atoms with Gasteiger partial charge in [-0.3, -0.25) is 4.98 Å². The lowest BCUT2D eigenvalue weighted by Crippen LogP contribution is -2.10.